The minimum absolute atomic E-state index is 0.508. The van der Waals surface area contributed by atoms with Gasteiger partial charge in [-0.2, -0.15) is 0 Å². The van der Waals surface area contributed by atoms with E-state index in [9.17, 15) is 0 Å². The second kappa shape index (κ2) is 5.58. The standard InChI is InChI=1S/C12H22N6O/c1-8-5-18(6-9(8)17(2)3)12-10(19-4)11(16-13)14-7-15-12/h7-9H,5-6,13H2,1-4H3,(H,14,15,16). The number of anilines is 2. The van der Waals surface area contributed by atoms with Crippen molar-refractivity contribution < 1.29 is 4.74 Å². The molecular weight excluding hydrogens is 244 g/mol. The lowest BCUT2D eigenvalue weighted by molar-refractivity contribution is 0.266. The van der Waals surface area contributed by atoms with Crippen molar-refractivity contribution in [1.82, 2.24) is 14.9 Å². The van der Waals surface area contributed by atoms with Gasteiger partial charge in [0.2, 0.25) is 5.75 Å². The van der Waals surface area contributed by atoms with Gasteiger partial charge in [0.25, 0.3) is 0 Å². The molecule has 2 heterocycles. The summed E-state index contributed by atoms with van der Waals surface area (Å²) < 4.78 is 5.39. The molecule has 2 unspecified atom stereocenters. The number of ether oxygens (including phenoxy) is 1. The van der Waals surface area contributed by atoms with Crippen LogP contribution in [0.2, 0.25) is 0 Å². The number of likely N-dealkylation sites (N-methyl/N-ethyl adjacent to an activating group) is 1. The third-order valence-corrected chi connectivity index (χ3v) is 3.66. The van der Waals surface area contributed by atoms with Gasteiger partial charge in [-0.1, -0.05) is 6.92 Å². The Morgan fingerprint density at radius 3 is 2.68 bits per heavy atom. The van der Waals surface area contributed by atoms with Gasteiger partial charge in [0, 0.05) is 19.1 Å². The van der Waals surface area contributed by atoms with Crippen LogP contribution in [-0.2, 0) is 0 Å². The van der Waals surface area contributed by atoms with Crippen molar-refractivity contribution in [1.29, 1.82) is 0 Å². The Bertz CT molecular complexity index is 438. The second-order valence-electron chi connectivity index (χ2n) is 5.14. The van der Waals surface area contributed by atoms with E-state index in [0.29, 0.717) is 23.5 Å². The maximum absolute atomic E-state index is 5.45. The molecule has 1 fully saturated rings. The first-order valence-electron chi connectivity index (χ1n) is 6.35. The van der Waals surface area contributed by atoms with Crippen LogP contribution in [0.25, 0.3) is 0 Å². The van der Waals surface area contributed by atoms with E-state index in [1.807, 2.05) is 0 Å². The van der Waals surface area contributed by atoms with Gasteiger partial charge in [-0.15, -0.1) is 0 Å². The molecule has 1 saturated heterocycles. The molecule has 1 aliphatic rings. The summed E-state index contributed by atoms with van der Waals surface area (Å²) in [5.74, 6) is 7.92. The van der Waals surface area contributed by atoms with Crippen molar-refractivity contribution in [2.75, 3.05) is 44.6 Å². The third-order valence-electron chi connectivity index (χ3n) is 3.66. The van der Waals surface area contributed by atoms with Crippen LogP contribution in [0, 0.1) is 5.92 Å². The fourth-order valence-corrected chi connectivity index (χ4v) is 2.68. The largest absolute Gasteiger partial charge is 0.490 e. The zero-order valence-electron chi connectivity index (χ0n) is 11.9. The minimum Gasteiger partial charge on any atom is -0.490 e. The summed E-state index contributed by atoms with van der Waals surface area (Å²) in [5, 5.41) is 0. The molecule has 1 aromatic heterocycles. The number of methoxy groups -OCH3 is 1. The highest BCUT2D eigenvalue weighted by Crippen LogP contribution is 2.34. The van der Waals surface area contributed by atoms with E-state index in [4.69, 9.17) is 10.6 Å². The molecular formula is C12H22N6O. The van der Waals surface area contributed by atoms with Crippen molar-refractivity contribution in [3.63, 3.8) is 0 Å². The SMILES string of the molecule is COc1c(NN)ncnc1N1CC(C)C(N(C)C)C1. The van der Waals surface area contributed by atoms with Crippen LogP contribution >= 0.6 is 0 Å². The smallest absolute Gasteiger partial charge is 0.205 e. The molecule has 1 aromatic rings. The van der Waals surface area contributed by atoms with E-state index in [1.54, 1.807) is 7.11 Å². The summed E-state index contributed by atoms with van der Waals surface area (Å²) >= 11 is 0. The number of nitrogens with two attached hydrogens (primary N) is 1. The lowest BCUT2D eigenvalue weighted by Gasteiger charge is -2.23. The minimum atomic E-state index is 0.508. The number of nitrogens with zero attached hydrogens (tertiary/aromatic N) is 4. The average molecular weight is 266 g/mol. The third kappa shape index (κ3) is 2.57. The van der Waals surface area contributed by atoms with Gasteiger partial charge in [-0.25, -0.2) is 15.8 Å². The Morgan fingerprint density at radius 2 is 2.16 bits per heavy atom. The molecule has 0 bridgehead atoms. The Kier molecular flexibility index (Phi) is 4.06. The fourth-order valence-electron chi connectivity index (χ4n) is 2.68. The summed E-state index contributed by atoms with van der Waals surface area (Å²) in [7, 11) is 5.81. The van der Waals surface area contributed by atoms with Crippen molar-refractivity contribution in [2.45, 2.75) is 13.0 Å². The summed E-state index contributed by atoms with van der Waals surface area (Å²) in [4.78, 5) is 12.9. The number of nitrogens with one attached hydrogen (secondary N) is 1. The zero-order chi connectivity index (χ0) is 14.0. The number of hydrazine groups is 1. The fraction of sp³-hybridized carbons (Fsp3) is 0.667. The molecule has 0 amide bonds. The van der Waals surface area contributed by atoms with Crippen LogP contribution in [0.4, 0.5) is 11.6 Å². The van der Waals surface area contributed by atoms with Gasteiger partial charge in [0.15, 0.2) is 11.6 Å². The van der Waals surface area contributed by atoms with Gasteiger partial charge >= 0.3 is 0 Å². The Morgan fingerprint density at radius 1 is 1.42 bits per heavy atom. The second-order valence-corrected chi connectivity index (χ2v) is 5.14. The van der Waals surface area contributed by atoms with Gasteiger partial charge in [0.1, 0.15) is 6.33 Å². The van der Waals surface area contributed by atoms with Gasteiger partial charge in [0.05, 0.1) is 7.11 Å². The molecule has 0 aromatic carbocycles. The van der Waals surface area contributed by atoms with Crippen LogP contribution in [0.5, 0.6) is 5.75 Å². The van der Waals surface area contributed by atoms with E-state index >= 15 is 0 Å². The molecule has 7 nitrogen and oxygen atoms in total. The summed E-state index contributed by atoms with van der Waals surface area (Å²) in [6.45, 7) is 4.12. The van der Waals surface area contributed by atoms with Crippen LogP contribution < -0.4 is 20.9 Å². The molecule has 3 N–H and O–H groups in total. The molecule has 2 rings (SSSR count). The summed E-state index contributed by atoms with van der Waals surface area (Å²) in [6, 6.07) is 0.508. The molecule has 106 valence electrons. The summed E-state index contributed by atoms with van der Waals surface area (Å²) in [5.41, 5.74) is 2.54. The highest BCUT2D eigenvalue weighted by atomic mass is 16.5. The first-order chi connectivity index (χ1) is 9.08. The first-order valence-corrected chi connectivity index (χ1v) is 6.35. The number of hydrogen-bond donors (Lipinski definition) is 2. The number of nitrogen functional groups attached to an aromatic ring is 1. The normalized spacial score (nSPS) is 22.9. The van der Waals surface area contributed by atoms with Crippen LogP contribution in [-0.4, -0.2) is 55.2 Å². The summed E-state index contributed by atoms with van der Waals surface area (Å²) in [6.07, 6.45) is 1.50. The zero-order valence-corrected chi connectivity index (χ0v) is 11.9. The van der Waals surface area contributed by atoms with E-state index < -0.39 is 0 Å². The van der Waals surface area contributed by atoms with Crippen LogP contribution in [0.1, 0.15) is 6.92 Å². The van der Waals surface area contributed by atoms with Crippen molar-refractivity contribution in [2.24, 2.45) is 11.8 Å². The maximum atomic E-state index is 5.45. The van der Waals surface area contributed by atoms with E-state index in [2.05, 4.69) is 46.2 Å². The topological polar surface area (TPSA) is 79.5 Å². The van der Waals surface area contributed by atoms with Gasteiger partial charge in [-0.3, -0.25) is 0 Å². The quantitative estimate of drug-likeness (QED) is 0.593. The first kappa shape index (κ1) is 13.8. The lowest BCUT2D eigenvalue weighted by Crippen LogP contribution is -2.34. The molecule has 1 aliphatic heterocycles. The van der Waals surface area contributed by atoms with Crippen molar-refractivity contribution >= 4 is 11.6 Å². The molecule has 0 saturated carbocycles. The van der Waals surface area contributed by atoms with Crippen LogP contribution in [0.15, 0.2) is 6.33 Å². The molecule has 7 heteroatoms. The molecule has 19 heavy (non-hydrogen) atoms. The predicted octanol–water partition coefficient (Wildman–Crippen LogP) is 0.157. The van der Waals surface area contributed by atoms with Crippen molar-refractivity contribution in [3.8, 4) is 5.75 Å². The molecule has 0 spiro atoms. The monoisotopic (exact) mass is 266 g/mol. The average Bonchev–Trinajstić information content (AvgIpc) is 2.79. The number of aromatic nitrogens is 2. The molecule has 2 atom stereocenters. The highest BCUT2D eigenvalue weighted by Gasteiger charge is 2.33. The Balaban J connectivity index is 2.28. The predicted molar refractivity (Wildman–Crippen MR) is 75.2 cm³/mol. The van der Waals surface area contributed by atoms with E-state index in [-0.39, 0.29) is 0 Å². The Labute approximate surface area is 113 Å². The van der Waals surface area contributed by atoms with Gasteiger partial charge < -0.3 is 20.0 Å². The Hall–Kier alpha value is -1.60. The molecule has 0 aliphatic carbocycles. The van der Waals surface area contributed by atoms with Gasteiger partial charge in [-0.05, 0) is 20.0 Å². The lowest BCUT2D eigenvalue weighted by atomic mass is 10.1. The maximum Gasteiger partial charge on any atom is 0.205 e. The van der Waals surface area contributed by atoms with E-state index in [1.165, 1.54) is 6.33 Å². The molecule has 0 radical (unpaired) electrons. The highest BCUT2D eigenvalue weighted by molar-refractivity contribution is 5.64. The number of rotatable bonds is 4. The number of hydrogen-bond acceptors (Lipinski definition) is 7. The van der Waals surface area contributed by atoms with Crippen LogP contribution in [0.3, 0.4) is 0 Å². The van der Waals surface area contributed by atoms with Crippen molar-refractivity contribution in [3.05, 3.63) is 6.33 Å². The van der Waals surface area contributed by atoms with E-state index in [0.717, 1.165) is 18.9 Å².